The van der Waals surface area contributed by atoms with E-state index in [1.165, 1.54) is 4.57 Å². The fourth-order valence-electron chi connectivity index (χ4n) is 2.06. The Balaban J connectivity index is 3.37. The zero-order chi connectivity index (χ0) is 16.5. The van der Waals surface area contributed by atoms with E-state index >= 15 is 0 Å². The maximum atomic E-state index is 12.4. The Bertz CT molecular complexity index is 634. The Hall–Kier alpha value is -1.38. The quantitative estimate of drug-likeness (QED) is 0.250. The second kappa shape index (κ2) is 9.60. The minimum Gasteiger partial charge on any atom is -0.247 e. The minimum absolute atomic E-state index is 0.238. The number of halogens is 1. The average Bonchev–Trinajstić information content (AvgIpc) is 2.50. The van der Waals surface area contributed by atoms with Crippen LogP contribution in [0.25, 0.3) is 0 Å². The summed E-state index contributed by atoms with van der Waals surface area (Å²) in [5.74, 6) is 0. The van der Waals surface area contributed by atoms with Crippen LogP contribution in [0.4, 0.5) is 0 Å². The van der Waals surface area contributed by atoms with Gasteiger partial charge in [0, 0.05) is 19.6 Å². The summed E-state index contributed by atoms with van der Waals surface area (Å²) in [6.45, 7) is 8.01. The van der Waals surface area contributed by atoms with Gasteiger partial charge in [0.15, 0.2) is 0 Å². The van der Waals surface area contributed by atoms with E-state index in [0.29, 0.717) is 19.4 Å². The molecule has 0 aromatic carbocycles. The predicted octanol–water partition coefficient (Wildman–Crippen LogP) is 1.54. The molecule has 1 aromatic heterocycles. The number of rotatable bonds is 10. The fraction of sp³-hybridized carbons (Fsp3) is 0.533. The minimum atomic E-state index is -0.552. The van der Waals surface area contributed by atoms with E-state index in [1.54, 1.807) is 12.2 Å². The van der Waals surface area contributed by atoms with Crippen LogP contribution in [-0.4, -0.2) is 18.1 Å². The number of nitrogens with zero attached hydrogens (tertiary/aromatic N) is 3. The Kier molecular flexibility index (Phi) is 8.15. The molecule has 0 N–H and O–H groups in total. The summed E-state index contributed by atoms with van der Waals surface area (Å²) in [5.41, 5.74) is -1.61. The highest BCUT2D eigenvalue weighted by atomic mass is 127. The zero-order valence-corrected chi connectivity index (χ0v) is 14.8. The van der Waals surface area contributed by atoms with Gasteiger partial charge in [0.05, 0.1) is 0 Å². The summed E-state index contributed by atoms with van der Waals surface area (Å²) >= 11 is 2.25. The van der Waals surface area contributed by atoms with E-state index in [4.69, 9.17) is 0 Å². The SMILES string of the molecule is C=CCCn1c(=O)n(CCC=C)c(=O)n(CCCCI)c1=O. The highest BCUT2D eigenvalue weighted by molar-refractivity contribution is 14.1. The third-order valence-electron chi connectivity index (χ3n) is 3.26. The first-order chi connectivity index (χ1) is 10.6. The molecule has 22 heavy (non-hydrogen) atoms. The molecule has 122 valence electrons. The van der Waals surface area contributed by atoms with Gasteiger partial charge < -0.3 is 0 Å². The first-order valence-corrected chi connectivity index (χ1v) is 8.83. The molecule has 0 aliphatic rings. The largest absolute Gasteiger partial charge is 0.336 e. The van der Waals surface area contributed by atoms with Crippen molar-refractivity contribution in [2.45, 2.75) is 45.3 Å². The molecule has 0 aliphatic carbocycles. The molecule has 0 aliphatic heterocycles. The van der Waals surface area contributed by atoms with Gasteiger partial charge in [-0.1, -0.05) is 34.7 Å². The van der Waals surface area contributed by atoms with Gasteiger partial charge >= 0.3 is 17.1 Å². The first kappa shape index (κ1) is 18.7. The van der Waals surface area contributed by atoms with Crippen LogP contribution in [0.2, 0.25) is 0 Å². The van der Waals surface area contributed by atoms with Gasteiger partial charge in [0.1, 0.15) is 0 Å². The Morgan fingerprint density at radius 2 is 1.18 bits per heavy atom. The lowest BCUT2D eigenvalue weighted by Crippen LogP contribution is -2.54. The Morgan fingerprint density at radius 1 is 0.773 bits per heavy atom. The molecule has 1 aromatic rings. The van der Waals surface area contributed by atoms with Gasteiger partial charge in [-0.15, -0.1) is 13.2 Å². The molecule has 0 spiro atoms. The number of unbranched alkanes of at least 4 members (excludes halogenated alkanes) is 1. The van der Waals surface area contributed by atoms with Gasteiger partial charge in [-0.05, 0) is 30.1 Å². The molecule has 1 rings (SSSR count). The average molecular weight is 419 g/mol. The maximum absolute atomic E-state index is 12.4. The van der Waals surface area contributed by atoms with E-state index in [1.807, 2.05) is 0 Å². The molecule has 0 amide bonds. The molecule has 0 atom stereocenters. The summed E-state index contributed by atoms with van der Waals surface area (Å²) in [7, 11) is 0. The molecular formula is C15H22IN3O3. The van der Waals surface area contributed by atoms with Crippen LogP contribution in [0.1, 0.15) is 25.7 Å². The van der Waals surface area contributed by atoms with Crippen molar-refractivity contribution in [2.24, 2.45) is 0 Å². The number of allylic oxidation sites excluding steroid dienone is 2. The number of hydrogen-bond donors (Lipinski definition) is 0. The molecule has 0 saturated heterocycles. The lowest BCUT2D eigenvalue weighted by atomic mass is 10.3. The van der Waals surface area contributed by atoms with Crippen LogP contribution >= 0.6 is 22.6 Å². The highest BCUT2D eigenvalue weighted by Crippen LogP contribution is 1.95. The van der Waals surface area contributed by atoms with E-state index in [2.05, 4.69) is 35.7 Å². The van der Waals surface area contributed by atoms with Gasteiger partial charge in [0.25, 0.3) is 0 Å². The topological polar surface area (TPSA) is 66.0 Å². The number of alkyl halides is 1. The van der Waals surface area contributed by atoms with Gasteiger partial charge in [-0.3, -0.25) is 0 Å². The summed E-state index contributed by atoms with van der Waals surface area (Å²) < 4.78 is 4.37. The number of aromatic nitrogens is 3. The zero-order valence-electron chi connectivity index (χ0n) is 12.7. The summed E-state index contributed by atoms with van der Waals surface area (Å²) in [5, 5.41) is 0. The van der Waals surface area contributed by atoms with E-state index in [-0.39, 0.29) is 13.1 Å². The van der Waals surface area contributed by atoms with Crippen molar-refractivity contribution in [1.29, 1.82) is 0 Å². The molecule has 0 unspecified atom stereocenters. The third-order valence-corrected chi connectivity index (χ3v) is 4.03. The van der Waals surface area contributed by atoms with Crippen LogP contribution in [0.3, 0.4) is 0 Å². The van der Waals surface area contributed by atoms with Crippen molar-refractivity contribution >= 4 is 22.6 Å². The van der Waals surface area contributed by atoms with Crippen molar-refractivity contribution in [3.05, 3.63) is 56.8 Å². The van der Waals surface area contributed by atoms with Crippen molar-refractivity contribution in [3.63, 3.8) is 0 Å². The Morgan fingerprint density at radius 3 is 1.55 bits per heavy atom. The van der Waals surface area contributed by atoms with Gasteiger partial charge in [-0.2, -0.15) is 0 Å². The van der Waals surface area contributed by atoms with Crippen molar-refractivity contribution in [2.75, 3.05) is 4.43 Å². The van der Waals surface area contributed by atoms with Gasteiger partial charge in [0.2, 0.25) is 0 Å². The lowest BCUT2D eigenvalue weighted by Gasteiger charge is -2.13. The van der Waals surface area contributed by atoms with Crippen LogP contribution in [0, 0.1) is 0 Å². The van der Waals surface area contributed by atoms with Crippen LogP contribution in [-0.2, 0) is 19.6 Å². The monoisotopic (exact) mass is 419 g/mol. The molecule has 0 radical (unpaired) electrons. The maximum Gasteiger partial charge on any atom is 0.336 e. The summed E-state index contributed by atoms with van der Waals surface area (Å²) in [6, 6.07) is 0. The van der Waals surface area contributed by atoms with Crippen LogP contribution in [0.15, 0.2) is 39.7 Å². The van der Waals surface area contributed by atoms with E-state index in [9.17, 15) is 14.4 Å². The first-order valence-electron chi connectivity index (χ1n) is 7.30. The molecule has 0 fully saturated rings. The second-order valence-electron chi connectivity index (χ2n) is 4.85. The number of hydrogen-bond acceptors (Lipinski definition) is 3. The van der Waals surface area contributed by atoms with Crippen molar-refractivity contribution < 1.29 is 0 Å². The summed E-state index contributed by atoms with van der Waals surface area (Å²) in [4.78, 5) is 37.1. The molecule has 0 saturated carbocycles. The highest BCUT2D eigenvalue weighted by Gasteiger charge is 2.14. The molecule has 7 heteroatoms. The third kappa shape index (κ3) is 4.56. The molecule has 1 heterocycles. The normalized spacial score (nSPS) is 10.6. The van der Waals surface area contributed by atoms with Crippen molar-refractivity contribution in [1.82, 2.24) is 13.7 Å². The standard InChI is InChI=1S/C15H22IN3O3/c1-3-5-10-17-13(20)18(11-6-4-2)15(22)19(14(17)21)12-8-7-9-16/h3-4H,1-2,5-12H2. The molecule has 6 nitrogen and oxygen atoms in total. The predicted molar refractivity (Wildman–Crippen MR) is 97.0 cm³/mol. The van der Waals surface area contributed by atoms with Crippen molar-refractivity contribution in [3.8, 4) is 0 Å². The second-order valence-corrected chi connectivity index (χ2v) is 5.93. The smallest absolute Gasteiger partial charge is 0.247 e. The lowest BCUT2D eigenvalue weighted by molar-refractivity contribution is 0.440. The van der Waals surface area contributed by atoms with Crippen LogP contribution in [0.5, 0.6) is 0 Å². The molecule has 0 bridgehead atoms. The van der Waals surface area contributed by atoms with Gasteiger partial charge in [-0.25, -0.2) is 28.1 Å². The Labute approximate surface area is 142 Å². The van der Waals surface area contributed by atoms with E-state index < -0.39 is 17.1 Å². The fourth-order valence-corrected chi connectivity index (χ4v) is 2.60. The van der Waals surface area contributed by atoms with Crippen LogP contribution < -0.4 is 17.1 Å². The molecular weight excluding hydrogens is 397 g/mol. The van der Waals surface area contributed by atoms with E-state index in [0.717, 1.165) is 26.4 Å². The summed E-state index contributed by atoms with van der Waals surface area (Å²) in [6.07, 6.45) is 5.95.